The maximum absolute atomic E-state index is 5.69. The Morgan fingerprint density at radius 3 is 2.71 bits per heavy atom. The summed E-state index contributed by atoms with van der Waals surface area (Å²) in [7, 11) is 0. The smallest absolute Gasteiger partial charge is 0.120 e. The third-order valence-corrected chi connectivity index (χ3v) is 4.38. The first kappa shape index (κ1) is 16.6. The second-order valence-corrected chi connectivity index (χ2v) is 6.23. The van der Waals surface area contributed by atoms with E-state index in [2.05, 4.69) is 48.3 Å². The van der Waals surface area contributed by atoms with Crippen LogP contribution >= 0.6 is 0 Å². The highest BCUT2D eigenvalue weighted by Crippen LogP contribution is 2.34. The molecule has 3 rings (SSSR count). The number of H-pyrrole nitrogens is 1. The Labute approximate surface area is 143 Å². The molecule has 24 heavy (non-hydrogen) atoms. The van der Waals surface area contributed by atoms with Gasteiger partial charge in [-0.25, -0.2) is 0 Å². The average molecular weight is 322 g/mol. The molecule has 0 fully saturated rings. The van der Waals surface area contributed by atoms with Crippen LogP contribution in [-0.2, 0) is 6.42 Å². The molecule has 0 atom stereocenters. The second-order valence-electron chi connectivity index (χ2n) is 6.23. The zero-order chi connectivity index (χ0) is 16.9. The molecule has 3 aromatic rings. The summed E-state index contributed by atoms with van der Waals surface area (Å²) in [5.74, 6) is 0.930. The number of nitrogens with one attached hydrogen (secondary N) is 1. The summed E-state index contributed by atoms with van der Waals surface area (Å²) in [5, 5.41) is 1.26. The number of aromatic amines is 1. The van der Waals surface area contributed by atoms with E-state index in [-0.39, 0.29) is 0 Å². The predicted octanol–water partition coefficient (Wildman–Crippen LogP) is 4.82. The van der Waals surface area contributed by atoms with Crippen LogP contribution in [0, 0.1) is 6.92 Å². The van der Waals surface area contributed by atoms with E-state index in [1.54, 1.807) is 0 Å². The number of hydrogen-bond donors (Lipinski definition) is 2. The monoisotopic (exact) mass is 322 g/mol. The van der Waals surface area contributed by atoms with Crippen LogP contribution in [0.5, 0.6) is 5.75 Å². The zero-order valence-corrected chi connectivity index (χ0v) is 14.6. The van der Waals surface area contributed by atoms with E-state index < -0.39 is 0 Å². The Balaban J connectivity index is 2.10. The first-order valence-corrected chi connectivity index (χ1v) is 8.77. The summed E-state index contributed by atoms with van der Waals surface area (Å²) in [5.41, 5.74) is 12.0. The number of nitrogens with two attached hydrogens (primary N) is 1. The van der Waals surface area contributed by atoms with E-state index in [4.69, 9.17) is 10.5 Å². The molecule has 0 radical (unpaired) electrons. The first-order valence-electron chi connectivity index (χ1n) is 8.77. The van der Waals surface area contributed by atoms with Gasteiger partial charge in [0.05, 0.1) is 6.61 Å². The van der Waals surface area contributed by atoms with E-state index in [1.165, 1.54) is 27.8 Å². The maximum Gasteiger partial charge on any atom is 0.120 e. The summed E-state index contributed by atoms with van der Waals surface area (Å²) in [6.45, 7) is 5.57. The van der Waals surface area contributed by atoms with Crippen molar-refractivity contribution in [2.45, 2.75) is 33.1 Å². The van der Waals surface area contributed by atoms with Gasteiger partial charge in [-0.2, -0.15) is 0 Å². The lowest BCUT2D eigenvalue weighted by Crippen LogP contribution is -1.99. The number of aryl methyl sites for hydroxylation is 2. The SMILES string of the molecule is CCOc1ccc2[nH]c(-c3cccc(C)c3)c(CCCCN)c2c1. The van der Waals surface area contributed by atoms with Gasteiger partial charge in [0, 0.05) is 16.6 Å². The van der Waals surface area contributed by atoms with Crippen LogP contribution in [0.3, 0.4) is 0 Å². The van der Waals surface area contributed by atoms with E-state index in [1.807, 2.05) is 13.0 Å². The third-order valence-electron chi connectivity index (χ3n) is 4.38. The molecule has 0 aliphatic rings. The molecule has 0 amide bonds. The second kappa shape index (κ2) is 7.54. The molecular weight excluding hydrogens is 296 g/mol. The Kier molecular flexibility index (Phi) is 5.21. The zero-order valence-electron chi connectivity index (χ0n) is 14.6. The summed E-state index contributed by atoms with van der Waals surface area (Å²) < 4.78 is 5.69. The van der Waals surface area contributed by atoms with Crippen LogP contribution in [0.2, 0.25) is 0 Å². The number of ether oxygens (including phenoxy) is 1. The fourth-order valence-corrected chi connectivity index (χ4v) is 3.24. The lowest BCUT2D eigenvalue weighted by atomic mass is 9.99. The lowest BCUT2D eigenvalue weighted by molar-refractivity contribution is 0.340. The molecule has 1 heterocycles. The van der Waals surface area contributed by atoms with Crippen LogP contribution < -0.4 is 10.5 Å². The van der Waals surface area contributed by atoms with Crippen molar-refractivity contribution in [1.29, 1.82) is 0 Å². The van der Waals surface area contributed by atoms with Gasteiger partial charge >= 0.3 is 0 Å². The van der Waals surface area contributed by atoms with Gasteiger partial charge in [-0.1, -0.05) is 23.8 Å². The third kappa shape index (κ3) is 3.46. The highest BCUT2D eigenvalue weighted by molar-refractivity contribution is 5.91. The molecule has 3 N–H and O–H groups in total. The fourth-order valence-electron chi connectivity index (χ4n) is 3.24. The predicted molar refractivity (Wildman–Crippen MR) is 102 cm³/mol. The number of fused-ring (bicyclic) bond motifs is 1. The van der Waals surface area contributed by atoms with Gasteiger partial charge in [-0.15, -0.1) is 0 Å². The molecule has 0 aliphatic heterocycles. The van der Waals surface area contributed by atoms with Crippen LogP contribution in [-0.4, -0.2) is 18.1 Å². The molecular formula is C21H26N2O. The number of unbranched alkanes of at least 4 members (excludes halogenated alkanes) is 1. The first-order chi connectivity index (χ1) is 11.7. The molecule has 3 heteroatoms. The van der Waals surface area contributed by atoms with Crippen molar-refractivity contribution in [3.8, 4) is 17.0 Å². The van der Waals surface area contributed by atoms with Gasteiger partial charge < -0.3 is 15.5 Å². The minimum absolute atomic E-state index is 0.684. The standard InChI is InChI=1S/C21H26N2O/c1-3-24-17-10-11-20-19(14-17)18(9-4-5-12-22)21(23-20)16-8-6-7-15(2)13-16/h6-8,10-11,13-14,23H,3-5,9,12,22H2,1-2H3. The van der Waals surface area contributed by atoms with Crippen molar-refractivity contribution >= 4 is 10.9 Å². The molecule has 0 saturated carbocycles. The van der Waals surface area contributed by atoms with Gasteiger partial charge in [-0.05, 0) is 75.0 Å². The Hall–Kier alpha value is -2.26. The van der Waals surface area contributed by atoms with Gasteiger partial charge in [-0.3, -0.25) is 0 Å². The molecule has 0 aliphatic carbocycles. The van der Waals surface area contributed by atoms with Crippen molar-refractivity contribution in [1.82, 2.24) is 4.98 Å². The normalized spacial score (nSPS) is 11.1. The fraction of sp³-hybridized carbons (Fsp3) is 0.333. The molecule has 3 nitrogen and oxygen atoms in total. The lowest BCUT2D eigenvalue weighted by Gasteiger charge is -2.07. The summed E-state index contributed by atoms with van der Waals surface area (Å²) >= 11 is 0. The molecule has 1 aromatic heterocycles. The van der Waals surface area contributed by atoms with Crippen LogP contribution in [0.25, 0.3) is 22.2 Å². The molecule has 2 aromatic carbocycles. The Morgan fingerprint density at radius 1 is 1.08 bits per heavy atom. The van der Waals surface area contributed by atoms with Crippen LogP contribution in [0.4, 0.5) is 0 Å². The quantitative estimate of drug-likeness (QED) is 0.612. The van der Waals surface area contributed by atoms with E-state index >= 15 is 0 Å². The van der Waals surface area contributed by atoms with E-state index in [9.17, 15) is 0 Å². The van der Waals surface area contributed by atoms with Crippen molar-refractivity contribution in [3.05, 3.63) is 53.6 Å². The number of hydrogen-bond acceptors (Lipinski definition) is 2. The minimum Gasteiger partial charge on any atom is -0.494 e. The highest BCUT2D eigenvalue weighted by Gasteiger charge is 2.14. The number of rotatable bonds is 7. The summed E-state index contributed by atoms with van der Waals surface area (Å²) in [6, 6.07) is 15.0. The van der Waals surface area contributed by atoms with Gasteiger partial charge in [0.25, 0.3) is 0 Å². The van der Waals surface area contributed by atoms with Crippen LogP contribution in [0.15, 0.2) is 42.5 Å². The molecule has 0 unspecified atom stereocenters. The van der Waals surface area contributed by atoms with Crippen molar-refractivity contribution in [2.75, 3.05) is 13.2 Å². The molecule has 0 bridgehead atoms. The minimum atomic E-state index is 0.684. The van der Waals surface area contributed by atoms with E-state index in [0.29, 0.717) is 6.61 Å². The highest BCUT2D eigenvalue weighted by atomic mass is 16.5. The number of aromatic nitrogens is 1. The van der Waals surface area contributed by atoms with Gasteiger partial charge in [0.15, 0.2) is 0 Å². The largest absolute Gasteiger partial charge is 0.494 e. The van der Waals surface area contributed by atoms with Crippen LogP contribution in [0.1, 0.15) is 30.9 Å². The summed E-state index contributed by atoms with van der Waals surface area (Å²) in [4.78, 5) is 3.62. The molecule has 0 saturated heterocycles. The Morgan fingerprint density at radius 2 is 1.96 bits per heavy atom. The van der Waals surface area contributed by atoms with Gasteiger partial charge in [0.2, 0.25) is 0 Å². The number of benzene rings is 2. The maximum atomic E-state index is 5.69. The Bertz CT molecular complexity index is 820. The van der Waals surface area contributed by atoms with Crippen molar-refractivity contribution in [3.63, 3.8) is 0 Å². The molecule has 126 valence electrons. The molecule has 0 spiro atoms. The topological polar surface area (TPSA) is 51.0 Å². The van der Waals surface area contributed by atoms with E-state index in [0.717, 1.165) is 37.1 Å². The van der Waals surface area contributed by atoms with Crippen molar-refractivity contribution in [2.24, 2.45) is 5.73 Å². The van der Waals surface area contributed by atoms with Crippen molar-refractivity contribution < 1.29 is 4.74 Å². The summed E-state index contributed by atoms with van der Waals surface area (Å²) in [6.07, 6.45) is 3.17. The average Bonchev–Trinajstić information content (AvgIpc) is 2.94. The van der Waals surface area contributed by atoms with Gasteiger partial charge in [0.1, 0.15) is 5.75 Å².